The lowest BCUT2D eigenvalue weighted by Crippen LogP contribution is -2.41. The average molecular weight is 439 g/mol. The number of aliphatic carboxylic acids is 2. The molecule has 6 N–H and O–H groups in total. The Hall–Kier alpha value is -4.28. The summed E-state index contributed by atoms with van der Waals surface area (Å²) in [6.45, 7) is 0. The van der Waals surface area contributed by atoms with Crippen molar-refractivity contribution in [2.24, 2.45) is 0 Å². The number of benzene rings is 1. The number of pyridine rings is 1. The average Bonchev–Trinajstić information content (AvgIpc) is 2.74. The number of nitrogens with two attached hydrogens (primary N) is 1. The number of nitrogen functional groups attached to an aromatic ring is 1. The molecule has 11 nitrogen and oxygen atoms in total. The predicted octanol–water partition coefficient (Wildman–Crippen LogP) is 0.733. The second-order valence-electron chi connectivity index (χ2n) is 7.11. The van der Waals surface area contributed by atoms with Crippen LogP contribution in [0.5, 0.6) is 0 Å². The van der Waals surface area contributed by atoms with Crippen LogP contribution < -0.4 is 16.6 Å². The van der Waals surface area contributed by atoms with Gasteiger partial charge in [-0.2, -0.15) is 4.98 Å². The van der Waals surface area contributed by atoms with Crippen LogP contribution in [0, 0.1) is 0 Å². The predicted molar refractivity (Wildman–Crippen MR) is 114 cm³/mol. The van der Waals surface area contributed by atoms with Gasteiger partial charge >= 0.3 is 11.9 Å². The minimum atomic E-state index is -1.30. The molecule has 0 bridgehead atoms. The largest absolute Gasteiger partial charge is 0.481 e. The first-order chi connectivity index (χ1) is 15.2. The first-order valence-electron chi connectivity index (χ1n) is 9.72. The Morgan fingerprint density at radius 1 is 1.09 bits per heavy atom. The second-order valence-corrected chi connectivity index (χ2v) is 7.11. The highest BCUT2D eigenvalue weighted by Gasteiger charge is 2.21. The van der Waals surface area contributed by atoms with E-state index in [4.69, 9.17) is 15.9 Å². The van der Waals surface area contributed by atoms with Crippen molar-refractivity contribution in [2.45, 2.75) is 31.7 Å². The lowest BCUT2D eigenvalue weighted by molar-refractivity contribution is -0.140. The van der Waals surface area contributed by atoms with Crippen LogP contribution in [-0.2, 0) is 22.4 Å². The molecule has 3 aromatic rings. The summed E-state index contributed by atoms with van der Waals surface area (Å²) >= 11 is 0. The maximum absolute atomic E-state index is 12.3. The van der Waals surface area contributed by atoms with Crippen molar-refractivity contribution >= 4 is 34.8 Å². The Labute approximate surface area is 181 Å². The van der Waals surface area contributed by atoms with Crippen molar-refractivity contribution in [1.29, 1.82) is 0 Å². The molecule has 0 aliphatic rings. The van der Waals surface area contributed by atoms with Crippen molar-refractivity contribution in [3.63, 3.8) is 0 Å². The van der Waals surface area contributed by atoms with Crippen LogP contribution >= 0.6 is 0 Å². The molecule has 2 heterocycles. The number of nitrogens with one attached hydrogen (secondary N) is 2. The van der Waals surface area contributed by atoms with E-state index in [2.05, 4.69) is 20.3 Å². The third kappa shape index (κ3) is 5.45. The van der Waals surface area contributed by atoms with Crippen LogP contribution in [0.15, 0.2) is 41.3 Å². The third-order valence-corrected chi connectivity index (χ3v) is 4.86. The maximum atomic E-state index is 12.3. The van der Waals surface area contributed by atoms with E-state index in [1.165, 1.54) is 0 Å². The summed E-state index contributed by atoms with van der Waals surface area (Å²) in [6.07, 6.45) is 2.07. The summed E-state index contributed by atoms with van der Waals surface area (Å²) in [5.74, 6) is -3.05. The van der Waals surface area contributed by atoms with Crippen LogP contribution in [0.25, 0.3) is 11.0 Å². The molecular formula is C21H21N5O6. The maximum Gasteiger partial charge on any atom is 0.326 e. The number of aromatic amines is 1. The highest BCUT2D eigenvalue weighted by Crippen LogP contribution is 2.15. The van der Waals surface area contributed by atoms with Gasteiger partial charge in [0.1, 0.15) is 6.04 Å². The van der Waals surface area contributed by atoms with Crippen LogP contribution in [0.4, 0.5) is 5.95 Å². The van der Waals surface area contributed by atoms with Gasteiger partial charge in [0.2, 0.25) is 5.95 Å². The zero-order chi connectivity index (χ0) is 23.3. The first kappa shape index (κ1) is 22.4. The van der Waals surface area contributed by atoms with Gasteiger partial charge in [-0.1, -0.05) is 12.1 Å². The number of hydrogen-bond acceptors (Lipinski definition) is 7. The standard InChI is InChI=1S/C21H21N5O6/c22-21-25-17-16(19(30)26-21)12(9-10-23-17)4-1-11-2-5-13(6-3-11)18(29)24-14(20(31)32)7-8-15(27)28/h2-3,5-6,9-10,14H,1,4,7-8H2,(H,24,29)(H,27,28)(H,31,32)(H3,22,23,25,26,30)/t14-/m0/s1. The minimum Gasteiger partial charge on any atom is -0.481 e. The summed E-state index contributed by atoms with van der Waals surface area (Å²) in [5, 5.41) is 20.6. The van der Waals surface area contributed by atoms with Crippen LogP contribution in [0.3, 0.4) is 0 Å². The number of aryl methyl sites for hydroxylation is 2. The van der Waals surface area contributed by atoms with Gasteiger partial charge < -0.3 is 21.3 Å². The highest BCUT2D eigenvalue weighted by molar-refractivity contribution is 5.96. The van der Waals surface area contributed by atoms with Crippen LogP contribution in [-0.4, -0.2) is 49.1 Å². The smallest absolute Gasteiger partial charge is 0.326 e. The Kier molecular flexibility index (Phi) is 6.78. The van der Waals surface area contributed by atoms with Gasteiger partial charge in [0.15, 0.2) is 5.65 Å². The van der Waals surface area contributed by atoms with Crippen molar-refractivity contribution in [3.05, 3.63) is 63.6 Å². The van der Waals surface area contributed by atoms with Gasteiger partial charge in [-0.05, 0) is 48.6 Å². The summed E-state index contributed by atoms with van der Waals surface area (Å²) in [4.78, 5) is 57.0. The number of carboxylic acid groups (broad SMARTS) is 2. The van der Waals surface area contributed by atoms with Crippen LogP contribution in [0.2, 0.25) is 0 Å². The summed E-state index contributed by atoms with van der Waals surface area (Å²) in [6, 6.07) is 7.01. The Morgan fingerprint density at radius 2 is 1.81 bits per heavy atom. The first-order valence-corrected chi connectivity index (χ1v) is 9.72. The molecule has 3 rings (SSSR count). The van der Waals surface area contributed by atoms with E-state index in [0.29, 0.717) is 18.2 Å². The van der Waals surface area contributed by atoms with E-state index in [0.717, 1.165) is 11.1 Å². The molecule has 0 unspecified atom stereocenters. The van der Waals surface area contributed by atoms with Gasteiger partial charge in [-0.25, -0.2) is 9.78 Å². The molecule has 1 amide bonds. The molecule has 2 aromatic heterocycles. The molecule has 0 saturated heterocycles. The summed E-state index contributed by atoms with van der Waals surface area (Å²) < 4.78 is 0. The molecule has 1 aromatic carbocycles. The number of H-pyrrole nitrogens is 1. The normalized spacial score (nSPS) is 11.8. The molecular weight excluding hydrogens is 418 g/mol. The topological polar surface area (TPSA) is 188 Å². The second kappa shape index (κ2) is 9.69. The number of amides is 1. The molecule has 0 aliphatic carbocycles. The monoisotopic (exact) mass is 439 g/mol. The molecule has 0 spiro atoms. The van der Waals surface area contributed by atoms with E-state index in [1.807, 2.05) is 0 Å². The number of carbonyl (C=O) groups excluding carboxylic acids is 1. The molecule has 0 aliphatic heterocycles. The van der Waals surface area contributed by atoms with E-state index in [1.54, 1.807) is 36.5 Å². The zero-order valence-electron chi connectivity index (χ0n) is 16.9. The summed E-state index contributed by atoms with van der Waals surface area (Å²) in [5.41, 5.74) is 7.37. The third-order valence-electron chi connectivity index (χ3n) is 4.86. The lowest BCUT2D eigenvalue weighted by atomic mass is 10.0. The molecule has 32 heavy (non-hydrogen) atoms. The highest BCUT2D eigenvalue weighted by atomic mass is 16.4. The van der Waals surface area contributed by atoms with E-state index in [-0.39, 0.29) is 35.6 Å². The minimum absolute atomic E-state index is 0.00545. The lowest BCUT2D eigenvalue weighted by Gasteiger charge is -2.13. The number of rotatable bonds is 9. The van der Waals surface area contributed by atoms with E-state index >= 15 is 0 Å². The number of anilines is 1. The molecule has 11 heteroatoms. The van der Waals surface area contributed by atoms with Crippen molar-refractivity contribution < 1.29 is 24.6 Å². The van der Waals surface area contributed by atoms with E-state index < -0.39 is 23.9 Å². The quantitative estimate of drug-likeness (QED) is 0.320. The van der Waals surface area contributed by atoms with E-state index in [9.17, 15) is 19.2 Å². The number of carboxylic acids is 2. The molecule has 0 saturated carbocycles. The molecule has 166 valence electrons. The molecule has 1 atom stereocenters. The fraction of sp³-hybridized carbons (Fsp3) is 0.238. The van der Waals surface area contributed by atoms with Gasteiger partial charge in [0.25, 0.3) is 11.5 Å². The SMILES string of the molecule is Nc1nc2nccc(CCc3ccc(C(=O)N[C@@H](CCC(=O)O)C(=O)O)cc3)c2c(=O)[nH]1. The van der Waals surface area contributed by atoms with Gasteiger partial charge in [0.05, 0.1) is 5.39 Å². The fourth-order valence-corrected chi connectivity index (χ4v) is 3.22. The number of fused-ring (bicyclic) bond motifs is 1. The van der Waals surface area contributed by atoms with Gasteiger partial charge in [-0.15, -0.1) is 0 Å². The Morgan fingerprint density at radius 3 is 2.47 bits per heavy atom. The van der Waals surface area contributed by atoms with Crippen LogP contribution in [0.1, 0.15) is 34.3 Å². The Bertz CT molecular complexity index is 1220. The van der Waals surface area contributed by atoms with Gasteiger partial charge in [0, 0.05) is 18.2 Å². The number of aromatic nitrogens is 3. The Balaban J connectivity index is 1.67. The molecule has 0 radical (unpaired) electrons. The van der Waals surface area contributed by atoms with Gasteiger partial charge in [-0.3, -0.25) is 19.4 Å². The number of carbonyl (C=O) groups is 3. The number of hydrogen-bond donors (Lipinski definition) is 5. The van der Waals surface area contributed by atoms with Crippen molar-refractivity contribution in [1.82, 2.24) is 20.3 Å². The molecule has 0 fully saturated rings. The number of nitrogens with zero attached hydrogens (tertiary/aromatic N) is 2. The fourth-order valence-electron chi connectivity index (χ4n) is 3.22. The zero-order valence-corrected chi connectivity index (χ0v) is 16.9. The summed E-state index contributed by atoms with van der Waals surface area (Å²) in [7, 11) is 0. The van der Waals surface area contributed by atoms with Crippen molar-refractivity contribution in [2.75, 3.05) is 5.73 Å². The van der Waals surface area contributed by atoms with Crippen molar-refractivity contribution in [3.8, 4) is 0 Å².